The molecule has 1 aliphatic carbocycles. The number of rotatable bonds is 9. The molecule has 2 amide bonds. The topological polar surface area (TPSA) is 112 Å². The van der Waals surface area contributed by atoms with Gasteiger partial charge in [0.1, 0.15) is 17.4 Å². The lowest BCUT2D eigenvalue weighted by atomic mass is 9.87. The monoisotopic (exact) mass is 541 g/mol. The zero-order valence-corrected chi connectivity index (χ0v) is 23.7. The summed E-state index contributed by atoms with van der Waals surface area (Å²) in [6.07, 6.45) is 2.76. The van der Waals surface area contributed by atoms with E-state index in [1.165, 1.54) is 28.7 Å². The highest BCUT2D eigenvalue weighted by Gasteiger charge is 2.27. The Balaban J connectivity index is 1.37. The molecule has 0 bridgehead atoms. The molecule has 2 aromatic heterocycles. The van der Waals surface area contributed by atoms with Crippen LogP contribution in [0.15, 0.2) is 29.4 Å². The smallest absolute Gasteiger partial charge is 0.251 e. The van der Waals surface area contributed by atoms with Crippen LogP contribution in [0.5, 0.6) is 5.75 Å². The Labute approximate surface area is 226 Å². The van der Waals surface area contributed by atoms with Gasteiger partial charge in [-0.15, -0.1) is 21.5 Å². The minimum atomic E-state index is -0.488. The maximum absolute atomic E-state index is 12.8. The minimum absolute atomic E-state index is 0.0855. The van der Waals surface area contributed by atoms with E-state index in [4.69, 9.17) is 10.5 Å². The van der Waals surface area contributed by atoms with Crippen molar-refractivity contribution in [3.63, 3.8) is 0 Å². The molecule has 1 aromatic carbocycles. The van der Waals surface area contributed by atoms with E-state index < -0.39 is 5.91 Å². The predicted octanol–water partition coefficient (Wildman–Crippen LogP) is 5.19. The van der Waals surface area contributed by atoms with E-state index in [1.807, 2.05) is 23.6 Å². The van der Waals surface area contributed by atoms with Gasteiger partial charge in [-0.2, -0.15) is 0 Å². The number of primary amides is 1. The van der Waals surface area contributed by atoms with E-state index in [2.05, 4.69) is 55.3 Å². The molecule has 0 spiro atoms. The Morgan fingerprint density at radius 2 is 1.97 bits per heavy atom. The first-order valence-corrected chi connectivity index (χ1v) is 14.4. The Morgan fingerprint density at radius 1 is 1.24 bits per heavy atom. The summed E-state index contributed by atoms with van der Waals surface area (Å²) in [5.74, 6) is 1.48. The highest BCUT2D eigenvalue weighted by molar-refractivity contribution is 7.99. The second-order valence-electron chi connectivity index (χ2n) is 10.5. The number of anilines is 1. The van der Waals surface area contributed by atoms with Crippen molar-refractivity contribution >= 4 is 39.9 Å². The van der Waals surface area contributed by atoms with Gasteiger partial charge in [-0.3, -0.25) is 9.59 Å². The molecule has 1 unspecified atom stereocenters. The molecule has 0 aliphatic heterocycles. The molecule has 0 radical (unpaired) electrons. The molecule has 0 saturated carbocycles. The predicted molar refractivity (Wildman–Crippen MR) is 149 cm³/mol. The van der Waals surface area contributed by atoms with Gasteiger partial charge in [-0.25, -0.2) is 0 Å². The van der Waals surface area contributed by atoms with Crippen molar-refractivity contribution in [3.8, 4) is 5.75 Å². The number of nitrogens with one attached hydrogen (secondary N) is 1. The average molecular weight is 542 g/mol. The van der Waals surface area contributed by atoms with Gasteiger partial charge < -0.3 is 20.4 Å². The molecule has 3 aromatic rings. The molecular weight excluding hydrogens is 506 g/mol. The number of fused-ring (bicyclic) bond motifs is 1. The van der Waals surface area contributed by atoms with Gasteiger partial charge in [-0.1, -0.05) is 51.6 Å². The van der Waals surface area contributed by atoms with E-state index >= 15 is 0 Å². The van der Waals surface area contributed by atoms with Gasteiger partial charge in [0.05, 0.1) is 11.3 Å². The summed E-state index contributed by atoms with van der Waals surface area (Å²) < 4.78 is 7.89. The summed E-state index contributed by atoms with van der Waals surface area (Å²) in [6.45, 7) is 11.7. The lowest BCUT2D eigenvalue weighted by Crippen LogP contribution is -2.20. The molecule has 1 atom stereocenters. The van der Waals surface area contributed by atoms with Gasteiger partial charge in [0, 0.05) is 11.4 Å². The summed E-state index contributed by atoms with van der Waals surface area (Å²) in [7, 11) is 0. The van der Waals surface area contributed by atoms with Crippen LogP contribution in [0.25, 0.3) is 0 Å². The molecule has 10 heteroatoms. The second-order valence-corrected chi connectivity index (χ2v) is 12.5. The molecule has 4 rings (SSSR count). The number of thioether (sulfide) groups is 1. The third-order valence-corrected chi connectivity index (χ3v) is 8.68. The normalized spacial score (nSPS) is 15.3. The SMILES string of the molecule is CCn1c(COc2ccc(C(C)(C)C)cc2)nnc1SCC(=O)Nc1sc2c(c1C(N)=O)CCC(C)C2. The van der Waals surface area contributed by atoms with E-state index in [0.29, 0.717) is 34.0 Å². The molecular formula is C27H35N5O3S2. The van der Waals surface area contributed by atoms with Crippen LogP contribution in [0.4, 0.5) is 5.00 Å². The van der Waals surface area contributed by atoms with Crippen molar-refractivity contribution in [3.05, 3.63) is 51.7 Å². The van der Waals surface area contributed by atoms with Crippen LogP contribution in [0.2, 0.25) is 0 Å². The van der Waals surface area contributed by atoms with Crippen LogP contribution >= 0.6 is 23.1 Å². The fourth-order valence-corrected chi connectivity index (χ4v) is 6.70. The largest absolute Gasteiger partial charge is 0.486 e. The number of hydrogen-bond acceptors (Lipinski definition) is 7. The van der Waals surface area contributed by atoms with Gasteiger partial charge in [0.2, 0.25) is 5.91 Å². The summed E-state index contributed by atoms with van der Waals surface area (Å²) in [6, 6.07) is 8.09. The third-order valence-electron chi connectivity index (χ3n) is 6.54. The molecule has 3 N–H and O–H groups in total. The number of carbonyl (C=O) groups excluding carboxylic acids is 2. The zero-order valence-electron chi connectivity index (χ0n) is 22.1. The van der Waals surface area contributed by atoms with Gasteiger partial charge in [0.25, 0.3) is 5.91 Å². The van der Waals surface area contributed by atoms with Crippen molar-refractivity contribution in [2.75, 3.05) is 11.1 Å². The number of amides is 2. The zero-order chi connectivity index (χ0) is 26.7. The van der Waals surface area contributed by atoms with Crippen LogP contribution < -0.4 is 15.8 Å². The average Bonchev–Trinajstić information content (AvgIpc) is 3.40. The van der Waals surface area contributed by atoms with Gasteiger partial charge in [0.15, 0.2) is 11.0 Å². The first-order chi connectivity index (χ1) is 17.6. The molecule has 2 heterocycles. The van der Waals surface area contributed by atoms with E-state index in [1.54, 1.807) is 0 Å². The summed E-state index contributed by atoms with van der Waals surface area (Å²) in [4.78, 5) is 26.1. The van der Waals surface area contributed by atoms with Crippen LogP contribution in [0.3, 0.4) is 0 Å². The number of benzene rings is 1. The van der Waals surface area contributed by atoms with Crippen LogP contribution in [-0.4, -0.2) is 32.3 Å². The molecule has 1 aliphatic rings. The van der Waals surface area contributed by atoms with E-state index in [0.717, 1.165) is 35.5 Å². The van der Waals surface area contributed by atoms with Crippen molar-refractivity contribution < 1.29 is 14.3 Å². The number of thiophene rings is 1. The molecule has 37 heavy (non-hydrogen) atoms. The van der Waals surface area contributed by atoms with Crippen LogP contribution in [0.1, 0.15) is 73.2 Å². The van der Waals surface area contributed by atoms with E-state index in [9.17, 15) is 9.59 Å². The number of ether oxygens (including phenoxy) is 1. The second kappa shape index (κ2) is 11.3. The maximum Gasteiger partial charge on any atom is 0.251 e. The van der Waals surface area contributed by atoms with E-state index in [-0.39, 0.29) is 23.7 Å². The number of carbonyl (C=O) groups is 2. The van der Waals surface area contributed by atoms with Crippen LogP contribution in [0, 0.1) is 5.92 Å². The number of nitrogens with two attached hydrogens (primary N) is 1. The Kier molecular flexibility index (Phi) is 8.28. The first-order valence-electron chi connectivity index (χ1n) is 12.6. The molecule has 8 nitrogen and oxygen atoms in total. The standard InChI is InChI=1S/C27H35N5O3S2/c1-6-32-21(14-35-18-10-8-17(9-11-18)27(3,4)5)30-31-26(32)36-15-22(33)29-25-23(24(28)34)19-12-7-16(2)13-20(19)37-25/h8-11,16H,6-7,12-15H2,1-5H3,(H2,28,34)(H,29,33). The quantitative estimate of drug-likeness (QED) is 0.361. The Hall–Kier alpha value is -2.85. The van der Waals surface area contributed by atoms with Gasteiger partial charge >= 0.3 is 0 Å². The summed E-state index contributed by atoms with van der Waals surface area (Å²) in [5, 5.41) is 12.7. The number of hydrogen-bond donors (Lipinski definition) is 2. The Bertz CT molecular complexity index is 1270. The highest BCUT2D eigenvalue weighted by atomic mass is 32.2. The number of aromatic nitrogens is 3. The van der Waals surface area contributed by atoms with Crippen molar-refractivity contribution in [2.45, 2.75) is 77.6 Å². The molecule has 0 fully saturated rings. The molecule has 0 saturated heterocycles. The first kappa shape index (κ1) is 27.2. The Morgan fingerprint density at radius 3 is 2.62 bits per heavy atom. The lowest BCUT2D eigenvalue weighted by molar-refractivity contribution is -0.113. The number of nitrogens with zero attached hydrogens (tertiary/aromatic N) is 3. The summed E-state index contributed by atoms with van der Waals surface area (Å²) >= 11 is 2.78. The van der Waals surface area contributed by atoms with Gasteiger partial charge in [-0.05, 0) is 60.8 Å². The van der Waals surface area contributed by atoms with Crippen LogP contribution in [-0.2, 0) is 36.2 Å². The molecule has 198 valence electrons. The van der Waals surface area contributed by atoms with Crippen molar-refractivity contribution in [2.24, 2.45) is 11.7 Å². The fraction of sp³-hybridized carbons (Fsp3) is 0.481. The summed E-state index contributed by atoms with van der Waals surface area (Å²) in [5.41, 5.74) is 8.47. The highest BCUT2D eigenvalue weighted by Crippen LogP contribution is 2.39. The lowest BCUT2D eigenvalue weighted by Gasteiger charge is -2.19. The maximum atomic E-state index is 12.8. The minimum Gasteiger partial charge on any atom is -0.486 e. The fourth-order valence-electron chi connectivity index (χ4n) is 4.44. The third kappa shape index (κ3) is 6.35. The van der Waals surface area contributed by atoms with Crippen molar-refractivity contribution in [1.29, 1.82) is 0 Å². The van der Waals surface area contributed by atoms with Crippen molar-refractivity contribution in [1.82, 2.24) is 14.8 Å².